The third-order valence-corrected chi connectivity index (χ3v) is 2.89. The van der Waals surface area contributed by atoms with Crippen molar-refractivity contribution in [1.29, 1.82) is 0 Å². The smallest absolute Gasteiger partial charge is 0.428 e. The molecule has 12 heavy (non-hydrogen) atoms. The Morgan fingerprint density at radius 1 is 1.83 bits per heavy atom. The van der Waals surface area contributed by atoms with Gasteiger partial charge in [0.05, 0.1) is 12.5 Å². The number of hydrogen-bond donors (Lipinski definition) is 2. The van der Waals surface area contributed by atoms with E-state index in [1.54, 1.807) is 6.92 Å². The van der Waals surface area contributed by atoms with Gasteiger partial charge < -0.3 is 10.1 Å². The highest BCUT2D eigenvalue weighted by Gasteiger charge is 2.05. The van der Waals surface area contributed by atoms with Crippen LogP contribution < -0.4 is 10.7 Å². The van der Waals surface area contributed by atoms with Gasteiger partial charge in [-0.2, -0.15) is 0 Å². The first-order valence-electron chi connectivity index (χ1n) is 3.84. The maximum Gasteiger partial charge on any atom is 0.428 e. The van der Waals surface area contributed by atoms with Crippen LogP contribution >= 0.6 is 0 Å². The van der Waals surface area contributed by atoms with Crippen LogP contribution in [0.1, 0.15) is 6.92 Å². The van der Waals surface area contributed by atoms with Gasteiger partial charge in [-0.25, -0.2) is 10.2 Å². The van der Waals surface area contributed by atoms with Gasteiger partial charge in [0.1, 0.15) is 0 Å². The molecule has 0 radical (unpaired) electrons. The van der Waals surface area contributed by atoms with Gasteiger partial charge >= 0.3 is 6.09 Å². The molecule has 0 bridgehead atoms. The SMILES string of the molecule is CCOC(=O)N/N=S1\CCNC1. The number of hydrogen-bond acceptors (Lipinski definition) is 4. The highest BCUT2D eigenvalue weighted by Crippen LogP contribution is 1.91. The molecule has 1 unspecified atom stereocenters. The minimum atomic E-state index is -0.461. The molecule has 1 aliphatic heterocycles. The highest BCUT2D eigenvalue weighted by molar-refractivity contribution is 7.87. The normalized spacial score (nSPS) is 22.6. The Balaban J connectivity index is 2.22. The molecule has 0 aromatic heterocycles. The molecular weight excluding hydrogens is 178 g/mol. The quantitative estimate of drug-likeness (QED) is 0.604. The molecule has 1 saturated heterocycles. The molecule has 0 spiro atoms. The second-order valence-corrected chi connectivity index (χ2v) is 4.04. The lowest BCUT2D eigenvalue weighted by Crippen LogP contribution is -2.19. The number of nitrogens with one attached hydrogen (secondary N) is 2. The van der Waals surface area contributed by atoms with E-state index < -0.39 is 6.09 Å². The van der Waals surface area contributed by atoms with Gasteiger partial charge in [0, 0.05) is 12.3 Å². The van der Waals surface area contributed by atoms with Crippen molar-refractivity contribution in [3.05, 3.63) is 0 Å². The summed E-state index contributed by atoms with van der Waals surface area (Å²) < 4.78 is 8.62. The number of carbonyl (C=O) groups is 1. The third-order valence-electron chi connectivity index (χ3n) is 1.32. The largest absolute Gasteiger partial charge is 0.449 e. The minimum absolute atomic E-state index is 0.0495. The molecule has 5 nitrogen and oxygen atoms in total. The van der Waals surface area contributed by atoms with E-state index in [0.29, 0.717) is 6.61 Å². The summed E-state index contributed by atoms with van der Waals surface area (Å²) in [6.45, 7) is 3.13. The van der Waals surface area contributed by atoms with E-state index in [0.717, 1.165) is 18.2 Å². The molecule has 70 valence electrons. The second kappa shape index (κ2) is 5.10. The van der Waals surface area contributed by atoms with Crippen molar-refractivity contribution in [2.45, 2.75) is 6.92 Å². The first kappa shape index (κ1) is 9.47. The van der Waals surface area contributed by atoms with Crippen molar-refractivity contribution < 1.29 is 9.53 Å². The van der Waals surface area contributed by atoms with Gasteiger partial charge in [-0.15, -0.1) is 4.47 Å². The molecule has 6 heteroatoms. The van der Waals surface area contributed by atoms with E-state index in [2.05, 4.69) is 20.0 Å². The summed E-state index contributed by atoms with van der Waals surface area (Å²) >= 11 is 0. The summed E-state index contributed by atoms with van der Waals surface area (Å²) in [5, 5.41) is 3.15. The predicted octanol–water partition coefficient (Wildman–Crippen LogP) is 0.0101. The average Bonchev–Trinajstić information content (AvgIpc) is 2.53. The number of rotatable bonds is 2. The van der Waals surface area contributed by atoms with Crippen molar-refractivity contribution in [2.75, 3.05) is 24.8 Å². The first-order valence-corrected chi connectivity index (χ1v) is 5.36. The van der Waals surface area contributed by atoms with E-state index in [1.165, 1.54) is 0 Å². The number of nitrogens with zero attached hydrogens (tertiary/aromatic N) is 1. The van der Waals surface area contributed by atoms with Crippen LogP contribution in [-0.4, -0.2) is 30.9 Å². The number of ether oxygens (including phenoxy) is 1. The Labute approximate surface area is 73.9 Å². The van der Waals surface area contributed by atoms with Gasteiger partial charge in [-0.1, -0.05) is 10.7 Å². The van der Waals surface area contributed by atoms with Gasteiger partial charge in [0.2, 0.25) is 0 Å². The molecule has 0 aromatic carbocycles. The van der Waals surface area contributed by atoms with Crippen LogP contribution in [0.2, 0.25) is 0 Å². The summed E-state index contributed by atoms with van der Waals surface area (Å²) in [6, 6.07) is 0. The van der Waals surface area contributed by atoms with Crippen molar-refractivity contribution in [3.63, 3.8) is 0 Å². The molecule has 0 saturated carbocycles. The zero-order valence-electron chi connectivity index (χ0n) is 7.00. The first-order chi connectivity index (χ1) is 5.83. The summed E-state index contributed by atoms with van der Waals surface area (Å²) in [6.07, 6.45) is -0.461. The zero-order chi connectivity index (χ0) is 8.81. The van der Waals surface area contributed by atoms with Crippen LogP contribution in [0.3, 0.4) is 0 Å². The van der Waals surface area contributed by atoms with Crippen molar-refractivity contribution >= 4 is 16.8 Å². The molecule has 1 rings (SSSR count). The van der Waals surface area contributed by atoms with Crippen LogP contribution in [0.25, 0.3) is 0 Å². The van der Waals surface area contributed by atoms with E-state index in [-0.39, 0.29) is 10.7 Å². The lowest BCUT2D eigenvalue weighted by molar-refractivity contribution is 0.153. The fourth-order valence-corrected chi connectivity index (χ4v) is 2.06. The Kier molecular flexibility index (Phi) is 4.02. The Hall–Kier alpha value is -0.620. The average molecular weight is 191 g/mol. The predicted molar refractivity (Wildman–Crippen MR) is 47.7 cm³/mol. The summed E-state index contributed by atoms with van der Waals surface area (Å²) in [7, 11) is -0.0495. The molecule has 1 amide bonds. The molecular formula is C6H13N3O2S. The Morgan fingerprint density at radius 3 is 3.25 bits per heavy atom. The van der Waals surface area contributed by atoms with Gasteiger partial charge in [-0.05, 0) is 6.92 Å². The molecule has 1 heterocycles. The summed E-state index contributed by atoms with van der Waals surface area (Å²) in [4.78, 5) is 10.8. The molecule has 0 aromatic rings. The summed E-state index contributed by atoms with van der Waals surface area (Å²) in [5.74, 6) is 1.87. The van der Waals surface area contributed by atoms with Gasteiger partial charge in [0.15, 0.2) is 0 Å². The topological polar surface area (TPSA) is 62.7 Å². The minimum Gasteiger partial charge on any atom is -0.449 e. The van der Waals surface area contributed by atoms with Crippen molar-refractivity contribution in [1.82, 2.24) is 10.7 Å². The van der Waals surface area contributed by atoms with Crippen molar-refractivity contribution in [2.24, 2.45) is 4.47 Å². The standard InChI is InChI=1S/C6H13N3O2S/c1-2-11-6(10)8-9-12-4-3-7-5-12/h7H,2-5H2,1H3,(H,8,10). The lowest BCUT2D eigenvalue weighted by Gasteiger charge is -2.00. The maximum absolute atomic E-state index is 10.8. The lowest BCUT2D eigenvalue weighted by atomic mass is 10.8. The number of carbonyl (C=O) groups excluding carboxylic acids is 1. The van der Waals surface area contributed by atoms with Crippen LogP contribution in [0, 0.1) is 0 Å². The molecule has 2 N–H and O–H groups in total. The van der Waals surface area contributed by atoms with E-state index in [4.69, 9.17) is 0 Å². The fourth-order valence-electron chi connectivity index (χ4n) is 0.795. The molecule has 1 aliphatic rings. The van der Waals surface area contributed by atoms with E-state index in [9.17, 15) is 4.79 Å². The van der Waals surface area contributed by atoms with Crippen LogP contribution in [-0.2, 0) is 15.4 Å². The number of amides is 1. The van der Waals surface area contributed by atoms with Crippen molar-refractivity contribution in [3.8, 4) is 0 Å². The van der Waals surface area contributed by atoms with Crippen LogP contribution in [0.5, 0.6) is 0 Å². The van der Waals surface area contributed by atoms with E-state index >= 15 is 0 Å². The van der Waals surface area contributed by atoms with Crippen LogP contribution in [0.15, 0.2) is 4.47 Å². The monoisotopic (exact) mass is 191 g/mol. The summed E-state index contributed by atoms with van der Waals surface area (Å²) in [5.41, 5.74) is 2.36. The molecule has 0 aliphatic carbocycles. The third kappa shape index (κ3) is 3.19. The van der Waals surface area contributed by atoms with E-state index in [1.807, 2.05) is 0 Å². The second-order valence-electron chi connectivity index (χ2n) is 2.23. The maximum atomic E-state index is 10.8. The van der Waals surface area contributed by atoms with Gasteiger partial charge in [0.25, 0.3) is 0 Å². The Bertz CT molecular complexity index is 187. The van der Waals surface area contributed by atoms with Crippen LogP contribution in [0.4, 0.5) is 4.79 Å². The van der Waals surface area contributed by atoms with Gasteiger partial charge in [-0.3, -0.25) is 0 Å². The zero-order valence-corrected chi connectivity index (χ0v) is 7.82. The molecule has 1 fully saturated rings. The molecule has 1 atom stereocenters. The highest BCUT2D eigenvalue weighted by atomic mass is 32.2. The Morgan fingerprint density at radius 2 is 2.67 bits per heavy atom. The fraction of sp³-hybridized carbons (Fsp3) is 0.833.